The first-order chi connectivity index (χ1) is 42.6. The van der Waals surface area contributed by atoms with Gasteiger partial charge in [-0.15, -0.1) is 0 Å². The molecule has 1 atom stereocenters. The third kappa shape index (κ3) is 72.8. The Kier molecular flexibility index (Phi) is 72.3. The quantitative estimate of drug-likeness (QED) is 0.0373. The lowest BCUT2D eigenvalue weighted by molar-refractivity contribution is -0.161. The second kappa shape index (κ2) is 75.5. The average Bonchev–Trinajstić information content (AvgIpc) is 3.55. The lowest BCUT2D eigenvalue weighted by atomic mass is 10.0. The molecule has 0 rings (SSSR count). The average molecular weight is 1190 g/mol. The molecule has 5 heteroatoms. The number of hydrogen-bond donors (Lipinski definition) is 1. The zero-order chi connectivity index (χ0) is 61.9. The number of carbonyl (C=O) groups excluding carboxylic acids is 2. The van der Waals surface area contributed by atoms with Crippen LogP contribution in [0.15, 0.2) is 122 Å². The number of esters is 2. The number of allylic oxidation sites excluding steroid dienone is 20. The van der Waals surface area contributed by atoms with Gasteiger partial charge in [-0.3, -0.25) is 9.59 Å². The van der Waals surface area contributed by atoms with Gasteiger partial charge in [-0.25, -0.2) is 0 Å². The van der Waals surface area contributed by atoms with E-state index >= 15 is 0 Å². The highest BCUT2D eigenvalue weighted by Gasteiger charge is 2.16. The van der Waals surface area contributed by atoms with Crippen molar-refractivity contribution < 1.29 is 24.2 Å². The minimum absolute atomic E-state index is 0.0774. The van der Waals surface area contributed by atoms with Crippen molar-refractivity contribution >= 4 is 11.9 Å². The van der Waals surface area contributed by atoms with Gasteiger partial charge in [-0.05, 0) is 109 Å². The third-order valence-corrected chi connectivity index (χ3v) is 16.2. The van der Waals surface area contributed by atoms with Gasteiger partial charge in [0.15, 0.2) is 6.10 Å². The number of ether oxygens (including phenoxy) is 2. The van der Waals surface area contributed by atoms with E-state index in [1.807, 2.05) is 0 Å². The molecule has 1 unspecified atom stereocenters. The van der Waals surface area contributed by atoms with E-state index in [1.54, 1.807) is 0 Å². The molecule has 0 aliphatic carbocycles. The second-order valence-electron chi connectivity index (χ2n) is 24.6. The van der Waals surface area contributed by atoms with Gasteiger partial charge in [0.2, 0.25) is 0 Å². The first-order valence-corrected chi connectivity index (χ1v) is 37.1. The van der Waals surface area contributed by atoms with E-state index in [0.717, 1.165) is 116 Å². The highest BCUT2D eigenvalue weighted by atomic mass is 16.6. The number of rotatable bonds is 68. The maximum atomic E-state index is 12.4. The lowest BCUT2D eigenvalue weighted by Crippen LogP contribution is -2.28. The van der Waals surface area contributed by atoms with Crippen molar-refractivity contribution in [2.45, 2.75) is 367 Å². The van der Waals surface area contributed by atoms with Crippen LogP contribution in [0.25, 0.3) is 0 Å². The molecule has 0 heterocycles. The van der Waals surface area contributed by atoms with Gasteiger partial charge in [-0.1, -0.05) is 360 Å². The summed E-state index contributed by atoms with van der Waals surface area (Å²) in [5.41, 5.74) is 0. The molecule has 5 nitrogen and oxygen atoms in total. The summed E-state index contributed by atoms with van der Waals surface area (Å²) >= 11 is 0. The van der Waals surface area contributed by atoms with E-state index in [-0.39, 0.29) is 25.2 Å². The monoisotopic (exact) mass is 1190 g/mol. The fraction of sp³-hybridized carbons (Fsp3) is 0.728. The molecule has 0 radical (unpaired) electrons. The summed E-state index contributed by atoms with van der Waals surface area (Å²) in [5, 5.41) is 9.71. The van der Waals surface area contributed by atoms with Crippen LogP contribution in [0.1, 0.15) is 361 Å². The minimum atomic E-state index is -0.791. The standard InChI is InChI=1S/C81H140O5/c1-3-5-7-9-11-13-15-17-19-21-23-25-27-29-31-33-35-37-38-39-40-41-42-44-45-47-49-51-53-55-57-59-61-63-65-67-69-71-73-75-80(83)85-78-79(77-82)86-81(84)76-74-72-70-68-66-64-62-60-58-56-54-52-50-48-46-43-36-34-32-30-28-26-24-22-20-18-16-14-12-10-8-6-4-2/h6,8,12,14,18,20-21,23-24,26,30,32,36,43,48,50,54,56,60,62,79,82H,3-5,7,9-11,13,15-17,19,22,25,27-29,31,33-35,37-42,44-47,49,51-53,55,57-59,61,63-78H2,1-2H3/b8-6-,14-12-,20-18-,23-21-,26-24-,32-30-,43-36-,50-48-,56-54-,62-60-. The first-order valence-electron chi connectivity index (χ1n) is 37.1. The van der Waals surface area contributed by atoms with Crippen molar-refractivity contribution in [2.24, 2.45) is 0 Å². The highest BCUT2D eigenvalue weighted by molar-refractivity contribution is 5.70. The van der Waals surface area contributed by atoms with Gasteiger partial charge < -0.3 is 14.6 Å². The van der Waals surface area contributed by atoms with Gasteiger partial charge in [-0.2, -0.15) is 0 Å². The van der Waals surface area contributed by atoms with E-state index in [9.17, 15) is 14.7 Å². The molecule has 0 aromatic heterocycles. The summed E-state index contributed by atoms with van der Waals surface area (Å²) in [7, 11) is 0. The zero-order valence-electron chi connectivity index (χ0n) is 56.8. The van der Waals surface area contributed by atoms with Crippen LogP contribution in [0.2, 0.25) is 0 Å². The molecule has 0 amide bonds. The molecular formula is C81H140O5. The summed E-state index contributed by atoms with van der Waals surface area (Å²) in [6, 6.07) is 0. The van der Waals surface area contributed by atoms with E-state index < -0.39 is 6.10 Å². The SMILES string of the molecule is CC/C=C\C/C=C\C/C=C\C/C=C\C/C=C\C/C=C\C/C=C\C/C=C\C/C=C\CCCCCCCC(=O)OC(CO)COC(=O)CCCCCCCCCCCCCCCCCCCCCCCCCCCCC/C=C\CCCCCCCCCC. The summed E-state index contributed by atoms with van der Waals surface area (Å²) in [5.74, 6) is -0.606. The van der Waals surface area contributed by atoms with Gasteiger partial charge in [0.05, 0.1) is 6.61 Å². The Morgan fingerprint density at radius 2 is 0.500 bits per heavy atom. The van der Waals surface area contributed by atoms with Crippen molar-refractivity contribution in [3.8, 4) is 0 Å². The molecule has 0 saturated carbocycles. The smallest absolute Gasteiger partial charge is 0.306 e. The van der Waals surface area contributed by atoms with E-state index in [0.29, 0.717) is 12.8 Å². The van der Waals surface area contributed by atoms with E-state index in [2.05, 4.69) is 135 Å². The number of carbonyl (C=O) groups is 2. The Morgan fingerprint density at radius 3 is 0.767 bits per heavy atom. The molecule has 0 bridgehead atoms. The molecule has 0 aromatic rings. The Morgan fingerprint density at radius 1 is 0.279 bits per heavy atom. The number of aliphatic hydroxyl groups excluding tert-OH is 1. The van der Waals surface area contributed by atoms with E-state index in [4.69, 9.17) is 9.47 Å². The number of unbranched alkanes of at least 4 members (excludes halogenated alkanes) is 40. The van der Waals surface area contributed by atoms with Crippen LogP contribution in [0.4, 0.5) is 0 Å². The number of aliphatic hydroxyl groups is 1. The Bertz CT molecular complexity index is 1690. The van der Waals surface area contributed by atoms with Crippen molar-refractivity contribution in [1.29, 1.82) is 0 Å². The Hall–Kier alpha value is -3.70. The van der Waals surface area contributed by atoms with Gasteiger partial charge >= 0.3 is 11.9 Å². The largest absolute Gasteiger partial charge is 0.462 e. The maximum Gasteiger partial charge on any atom is 0.306 e. The Labute approximate surface area is 534 Å². The minimum Gasteiger partial charge on any atom is -0.462 e. The topological polar surface area (TPSA) is 72.8 Å². The van der Waals surface area contributed by atoms with Crippen molar-refractivity contribution in [3.63, 3.8) is 0 Å². The molecule has 0 spiro atoms. The van der Waals surface area contributed by atoms with Gasteiger partial charge in [0, 0.05) is 12.8 Å². The molecule has 0 saturated heterocycles. The predicted molar refractivity (Wildman–Crippen MR) is 380 cm³/mol. The third-order valence-electron chi connectivity index (χ3n) is 16.2. The van der Waals surface area contributed by atoms with Crippen molar-refractivity contribution in [1.82, 2.24) is 0 Å². The van der Waals surface area contributed by atoms with Crippen LogP contribution < -0.4 is 0 Å². The molecule has 0 aliphatic heterocycles. The van der Waals surface area contributed by atoms with Crippen LogP contribution in [0, 0.1) is 0 Å². The van der Waals surface area contributed by atoms with Crippen molar-refractivity contribution in [2.75, 3.05) is 13.2 Å². The molecule has 0 fully saturated rings. The van der Waals surface area contributed by atoms with E-state index in [1.165, 1.54) is 218 Å². The number of hydrogen-bond acceptors (Lipinski definition) is 5. The van der Waals surface area contributed by atoms with Crippen LogP contribution >= 0.6 is 0 Å². The van der Waals surface area contributed by atoms with Crippen molar-refractivity contribution in [3.05, 3.63) is 122 Å². The lowest BCUT2D eigenvalue weighted by Gasteiger charge is -2.15. The normalized spacial score (nSPS) is 12.9. The fourth-order valence-corrected chi connectivity index (χ4v) is 10.7. The van der Waals surface area contributed by atoms with Crippen LogP contribution in [0.3, 0.4) is 0 Å². The molecule has 0 aliphatic rings. The van der Waals surface area contributed by atoms with Crippen LogP contribution in [-0.4, -0.2) is 36.4 Å². The molecule has 1 N–H and O–H groups in total. The molecule has 0 aromatic carbocycles. The van der Waals surface area contributed by atoms with Gasteiger partial charge in [0.1, 0.15) is 6.61 Å². The molecular weight excluding hydrogens is 1050 g/mol. The summed E-state index contributed by atoms with van der Waals surface area (Å²) in [6.45, 7) is 4.04. The first kappa shape index (κ1) is 82.3. The van der Waals surface area contributed by atoms with Gasteiger partial charge in [0.25, 0.3) is 0 Å². The predicted octanol–water partition coefficient (Wildman–Crippen LogP) is 26.1. The summed E-state index contributed by atoms with van der Waals surface area (Å²) in [6.07, 6.45) is 111. The summed E-state index contributed by atoms with van der Waals surface area (Å²) in [4.78, 5) is 24.7. The highest BCUT2D eigenvalue weighted by Crippen LogP contribution is 2.18. The maximum absolute atomic E-state index is 12.4. The molecule has 86 heavy (non-hydrogen) atoms. The molecule has 494 valence electrons. The van der Waals surface area contributed by atoms with Crippen LogP contribution in [-0.2, 0) is 19.1 Å². The summed E-state index contributed by atoms with van der Waals surface area (Å²) < 4.78 is 10.8. The Balaban J connectivity index is 3.48. The second-order valence-corrected chi connectivity index (χ2v) is 24.6. The fourth-order valence-electron chi connectivity index (χ4n) is 10.7. The van der Waals surface area contributed by atoms with Crippen LogP contribution in [0.5, 0.6) is 0 Å². The zero-order valence-corrected chi connectivity index (χ0v) is 56.8.